The number of benzene rings is 1. The third-order valence-electron chi connectivity index (χ3n) is 5.13. The second-order valence-electron chi connectivity index (χ2n) is 7.59. The number of methoxy groups -OCH3 is 1. The summed E-state index contributed by atoms with van der Waals surface area (Å²) in [6.45, 7) is 8.20. The predicted molar refractivity (Wildman–Crippen MR) is 113 cm³/mol. The van der Waals surface area contributed by atoms with Gasteiger partial charge in [-0.25, -0.2) is 0 Å². The second kappa shape index (κ2) is 10.3. The standard InChI is InChI=1S/C22H31N5O2/c1-17(15-19-7-5-4-6-8-19)16-26-11-9-20-24-25-22(27(20)13-12-26)18(2)23-21(28)10-14-29-3/h4-8,15,18H,9-14,16H2,1-3H3,(H,23,28)/b17-15+/t18-/m1/s1. The van der Waals surface area contributed by atoms with Gasteiger partial charge in [0.15, 0.2) is 5.82 Å². The summed E-state index contributed by atoms with van der Waals surface area (Å²) in [5, 5.41) is 11.7. The van der Waals surface area contributed by atoms with Crippen molar-refractivity contribution >= 4 is 12.0 Å². The maximum atomic E-state index is 12.0. The number of nitrogens with zero attached hydrogens (tertiary/aromatic N) is 4. The molecule has 7 nitrogen and oxygen atoms in total. The minimum Gasteiger partial charge on any atom is -0.384 e. The van der Waals surface area contributed by atoms with Crippen LogP contribution in [0.15, 0.2) is 35.9 Å². The van der Waals surface area contributed by atoms with E-state index >= 15 is 0 Å². The first-order chi connectivity index (χ1) is 14.1. The Bertz CT molecular complexity index is 831. The second-order valence-corrected chi connectivity index (χ2v) is 7.59. The molecule has 0 aliphatic carbocycles. The summed E-state index contributed by atoms with van der Waals surface area (Å²) in [5.41, 5.74) is 2.57. The number of fused-ring (bicyclic) bond motifs is 1. The van der Waals surface area contributed by atoms with Gasteiger partial charge in [-0.2, -0.15) is 0 Å². The Morgan fingerprint density at radius 3 is 2.79 bits per heavy atom. The van der Waals surface area contributed by atoms with Crippen molar-refractivity contribution in [3.05, 3.63) is 53.1 Å². The smallest absolute Gasteiger partial charge is 0.222 e. The van der Waals surface area contributed by atoms with Gasteiger partial charge in [0.2, 0.25) is 5.91 Å². The number of ether oxygens (including phenoxy) is 1. The van der Waals surface area contributed by atoms with Crippen molar-refractivity contribution in [2.75, 3.05) is 33.4 Å². The molecule has 1 atom stereocenters. The predicted octanol–water partition coefficient (Wildman–Crippen LogP) is 2.45. The number of carbonyl (C=O) groups excluding carboxylic acids is 1. The lowest BCUT2D eigenvalue weighted by molar-refractivity contribution is -0.122. The normalized spacial score (nSPS) is 16.2. The summed E-state index contributed by atoms with van der Waals surface area (Å²) in [5.74, 6) is 1.78. The van der Waals surface area contributed by atoms with E-state index in [2.05, 4.69) is 62.2 Å². The van der Waals surface area contributed by atoms with Crippen LogP contribution in [0.5, 0.6) is 0 Å². The third-order valence-corrected chi connectivity index (χ3v) is 5.13. The Morgan fingerprint density at radius 2 is 2.03 bits per heavy atom. The zero-order valence-electron chi connectivity index (χ0n) is 17.6. The third kappa shape index (κ3) is 5.98. The molecule has 1 N–H and O–H groups in total. The fraction of sp³-hybridized carbons (Fsp3) is 0.500. The number of rotatable bonds is 8. The van der Waals surface area contributed by atoms with E-state index in [1.54, 1.807) is 7.11 Å². The van der Waals surface area contributed by atoms with E-state index in [1.165, 1.54) is 11.1 Å². The minimum atomic E-state index is -0.174. The van der Waals surface area contributed by atoms with Gasteiger partial charge in [-0.05, 0) is 19.4 Å². The van der Waals surface area contributed by atoms with E-state index in [0.717, 1.165) is 44.2 Å². The van der Waals surface area contributed by atoms with E-state index in [4.69, 9.17) is 4.74 Å². The van der Waals surface area contributed by atoms with Crippen LogP contribution in [0.2, 0.25) is 0 Å². The van der Waals surface area contributed by atoms with Gasteiger partial charge in [-0.3, -0.25) is 9.69 Å². The molecule has 0 spiro atoms. The van der Waals surface area contributed by atoms with Crippen molar-refractivity contribution < 1.29 is 9.53 Å². The van der Waals surface area contributed by atoms with Crippen LogP contribution in [0.3, 0.4) is 0 Å². The number of nitrogens with one attached hydrogen (secondary N) is 1. The van der Waals surface area contributed by atoms with Crippen LogP contribution in [-0.2, 0) is 22.5 Å². The first-order valence-corrected chi connectivity index (χ1v) is 10.2. The molecule has 0 saturated heterocycles. The Balaban J connectivity index is 1.59. The molecule has 1 aromatic carbocycles. The fourth-order valence-corrected chi connectivity index (χ4v) is 3.67. The molecular weight excluding hydrogens is 366 g/mol. The quantitative estimate of drug-likeness (QED) is 0.741. The Labute approximate surface area is 172 Å². The van der Waals surface area contributed by atoms with Gasteiger partial charge in [-0.15, -0.1) is 10.2 Å². The number of amides is 1. The van der Waals surface area contributed by atoms with Gasteiger partial charge in [0, 0.05) is 46.1 Å². The minimum absolute atomic E-state index is 0.0337. The highest BCUT2D eigenvalue weighted by molar-refractivity contribution is 5.76. The first kappa shape index (κ1) is 21.2. The molecule has 1 aliphatic heterocycles. The van der Waals surface area contributed by atoms with E-state index in [1.807, 2.05) is 13.0 Å². The van der Waals surface area contributed by atoms with Crippen molar-refractivity contribution in [3.8, 4) is 0 Å². The average Bonchev–Trinajstić information content (AvgIpc) is 3.02. The monoisotopic (exact) mass is 397 g/mol. The van der Waals surface area contributed by atoms with Crippen LogP contribution in [0.1, 0.15) is 43.5 Å². The summed E-state index contributed by atoms with van der Waals surface area (Å²) in [4.78, 5) is 14.5. The lowest BCUT2D eigenvalue weighted by Crippen LogP contribution is -2.31. The Morgan fingerprint density at radius 1 is 1.24 bits per heavy atom. The largest absolute Gasteiger partial charge is 0.384 e. The molecule has 2 aromatic rings. The van der Waals surface area contributed by atoms with Gasteiger partial charge in [0.1, 0.15) is 5.82 Å². The van der Waals surface area contributed by atoms with Gasteiger partial charge >= 0.3 is 0 Å². The van der Waals surface area contributed by atoms with Crippen LogP contribution in [0.25, 0.3) is 6.08 Å². The molecule has 0 fully saturated rings. The zero-order valence-corrected chi connectivity index (χ0v) is 17.6. The van der Waals surface area contributed by atoms with Crippen LogP contribution in [0, 0.1) is 0 Å². The number of carbonyl (C=O) groups is 1. The summed E-state index contributed by atoms with van der Waals surface area (Å²) in [6.07, 6.45) is 3.45. The number of hydrogen-bond acceptors (Lipinski definition) is 5. The molecule has 29 heavy (non-hydrogen) atoms. The lowest BCUT2D eigenvalue weighted by atomic mass is 10.1. The van der Waals surface area contributed by atoms with Crippen molar-refractivity contribution in [2.45, 2.75) is 39.3 Å². The van der Waals surface area contributed by atoms with Crippen LogP contribution in [0.4, 0.5) is 0 Å². The first-order valence-electron chi connectivity index (χ1n) is 10.2. The molecule has 1 amide bonds. The molecule has 0 bridgehead atoms. The molecule has 2 heterocycles. The van der Waals surface area contributed by atoms with Gasteiger partial charge in [0.05, 0.1) is 12.6 Å². The summed E-state index contributed by atoms with van der Waals surface area (Å²) >= 11 is 0. The van der Waals surface area contributed by atoms with Crippen molar-refractivity contribution in [3.63, 3.8) is 0 Å². The molecule has 7 heteroatoms. The average molecular weight is 398 g/mol. The van der Waals surface area contributed by atoms with Crippen molar-refractivity contribution in [1.82, 2.24) is 25.0 Å². The van der Waals surface area contributed by atoms with Crippen molar-refractivity contribution in [2.24, 2.45) is 0 Å². The molecule has 3 rings (SSSR count). The highest BCUT2D eigenvalue weighted by Gasteiger charge is 2.22. The Hall–Kier alpha value is -2.51. The van der Waals surface area contributed by atoms with E-state index < -0.39 is 0 Å². The van der Waals surface area contributed by atoms with E-state index in [0.29, 0.717) is 13.0 Å². The van der Waals surface area contributed by atoms with Gasteiger partial charge < -0.3 is 14.6 Å². The summed E-state index contributed by atoms with van der Waals surface area (Å²) < 4.78 is 7.13. The number of hydrogen-bond donors (Lipinski definition) is 1. The molecule has 156 valence electrons. The highest BCUT2D eigenvalue weighted by Crippen LogP contribution is 2.17. The van der Waals surface area contributed by atoms with Crippen LogP contribution in [-0.4, -0.2) is 58.9 Å². The van der Waals surface area contributed by atoms with E-state index in [9.17, 15) is 4.79 Å². The van der Waals surface area contributed by atoms with Crippen molar-refractivity contribution in [1.29, 1.82) is 0 Å². The highest BCUT2D eigenvalue weighted by atomic mass is 16.5. The molecule has 1 aliphatic rings. The maximum Gasteiger partial charge on any atom is 0.222 e. The van der Waals surface area contributed by atoms with Gasteiger partial charge in [0.25, 0.3) is 0 Å². The van der Waals surface area contributed by atoms with Crippen LogP contribution < -0.4 is 5.32 Å². The molecule has 1 aromatic heterocycles. The fourth-order valence-electron chi connectivity index (χ4n) is 3.67. The number of aromatic nitrogens is 3. The van der Waals surface area contributed by atoms with Gasteiger partial charge in [-0.1, -0.05) is 42.0 Å². The zero-order chi connectivity index (χ0) is 20.6. The lowest BCUT2D eigenvalue weighted by Gasteiger charge is -2.20. The topological polar surface area (TPSA) is 72.3 Å². The Kier molecular flexibility index (Phi) is 7.55. The van der Waals surface area contributed by atoms with E-state index in [-0.39, 0.29) is 11.9 Å². The maximum absolute atomic E-state index is 12.0. The molecule has 0 radical (unpaired) electrons. The summed E-state index contributed by atoms with van der Waals surface area (Å²) in [6, 6.07) is 10.2. The molecular formula is C22H31N5O2. The molecule has 0 saturated carbocycles. The summed E-state index contributed by atoms with van der Waals surface area (Å²) in [7, 11) is 1.59. The van der Waals surface area contributed by atoms with Crippen LogP contribution >= 0.6 is 0 Å². The SMILES string of the molecule is COCCC(=O)N[C@H](C)c1nnc2n1CCN(C/C(C)=C/c1ccccc1)CC2. The molecule has 0 unspecified atom stereocenters.